The van der Waals surface area contributed by atoms with Crippen LogP contribution in [0.1, 0.15) is 16.8 Å². The number of imidazole rings is 1. The van der Waals surface area contributed by atoms with E-state index in [4.69, 9.17) is 0 Å². The Labute approximate surface area is 123 Å². The maximum absolute atomic E-state index is 12.3. The standard InChI is InChI=1S/C15H19N5O/c21-15(19-5-2-9-20-10-8-16-11-20)12-3-1-4-13-14(12)18-7-6-17-13/h1,3-4,8,10-11,17-18H,2,5-7,9H2,(H,19,21). The van der Waals surface area contributed by atoms with E-state index in [1.54, 1.807) is 12.5 Å². The van der Waals surface area contributed by atoms with Crippen molar-refractivity contribution in [2.24, 2.45) is 0 Å². The summed E-state index contributed by atoms with van der Waals surface area (Å²) >= 11 is 0. The highest BCUT2D eigenvalue weighted by molar-refractivity contribution is 6.02. The number of fused-ring (bicyclic) bond motifs is 1. The Morgan fingerprint density at radius 2 is 2.24 bits per heavy atom. The quantitative estimate of drug-likeness (QED) is 0.729. The summed E-state index contributed by atoms with van der Waals surface area (Å²) in [6.07, 6.45) is 6.34. The summed E-state index contributed by atoms with van der Waals surface area (Å²) in [5.74, 6) is -0.0336. The van der Waals surface area contributed by atoms with E-state index in [9.17, 15) is 4.79 Å². The molecule has 3 rings (SSSR count). The zero-order valence-corrected chi connectivity index (χ0v) is 11.8. The number of nitrogens with zero attached hydrogens (tertiary/aromatic N) is 2. The van der Waals surface area contributed by atoms with E-state index in [0.717, 1.165) is 37.4 Å². The molecular formula is C15H19N5O. The van der Waals surface area contributed by atoms with Crippen molar-refractivity contribution in [3.63, 3.8) is 0 Å². The lowest BCUT2D eigenvalue weighted by molar-refractivity contribution is 0.0953. The minimum absolute atomic E-state index is 0.0336. The number of para-hydroxylation sites is 1. The molecule has 0 saturated carbocycles. The summed E-state index contributed by atoms with van der Waals surface area (Å²) in [6, 6.07) is 5.74. The Morgan fingerprint density at radius 1 is 1.33 bits per heavy atom. The number of carbonyl (C=O) groups is 1. The van der Waals surface area contributed by atoms with E-state index in [2.05, 4.69) is 20.9 Å². The van der Waals surface area contributed by atoms with Crippen molar-refractivity contribution >= 4 is 17.3 Å². The third kappa shape index (κ3) is 3.16. The van der Waals surface area contributed by atoms with Crippen LogP contribution in [0.15, 0.2) is 36.9 Å². The minimum atomic E-state index is -0.0336. The first-order valence-corrected chi connectivity index (χ1v) is 7.19. The van der Waals surface area contributed by atoms with Gasteiger partial charge < -0.3 is 20.5 Å². The highest BCUT2D eigenvalue weighted by Crippen LogP contribution is 2.28. The van der Waals surface area contributed by atoms with Crippen molar-refractivity contribution in [3.8, 4) is 0 Å². The number of aryl methyl sites for hydroxylation is 1. The van der Waals surface area contributed by atoms with Crippen molar-refractivity contribution in [3.05, 3.63) is 42.5 Å². The van der Waals surface area contributed by atoms with Gasteiger partial charge in [0.1, 0.15) is 0 Å². The van der Waals surface area contributed by atoms with Gasteiger partial charge in [-0.3, -0.25) is 4.79 Å². The van der Waals surface area contributed by atoms with Gasteiger partial charge in [0.05, 0.1) is 23.3 Å². The highest BCUT2D eigenvalue weighted by atomic mass is 16.1. The van der Waals surface area contributed by atoms with Crippen LogP contribution in [0.25, 0.3) is 0 Å². The third-order valence-electron chi connectivity index (χ3n) is 3.49. The SMILES string of the molecule is O=C(NCCCn1ccnc1)c1cccc2c1NCCN2. The summed E-state index contributed by atoms with van der Waals surface area (Å²) in [7, 11) is 0. The molecule has 1 aliphatic heterocycles. The van der Waals surface area contributed by atoms with Crippen molar-refractivity contribution in [1.82, 2.24) is 14.9 Å². The number of aromatic nitrogens is 2. The molecule has 110 valence electrons. The lowest BCUT2D eigenvalue weighted by Crippen LogP contribution is -2.28. The van der Waals surface area contributed by atoms with E-state index >= 15 is 0 Å². The minimum Gasteiger partial charge on any atom is -0.382 e. The van der Waals surface area contributed by atoms with E-state index < -0.39 is 0 Å². The van der Waals surface area contributed by atoms with Crippen molar-refractivity contribution in [2.75, 3.05) is 30.3 Å². The van der Waals surface area contributed by atoms with Crippen LogP contribution in [0.4, 0.5) is 11.4 Å². The topological polar surface area (TPSA) is 71.0 Å². The number of nitrogens with one attached hydrogen (secondary N) is 3. The number of hydrogen-bond acceptors (Lipinski definition) is 4. The smallest absolute Gasteiger partial charge is 0.253 e. The lowest BCUT2D eigenvalue weighted by Gasteiger charge is -2.22. The molecule has 1 amide bonds. The number of amides is 1. The highest BCUT2D eigenvalue weighted by Gasteiger charge is 2.16. The average molecular weight is 285 g/mol. The Balaban J connectivity index is 1.56. The van der Waals surface area contributed by atoms with Crippen LogP contribution >= 0.6 is 0 Å². The van der Waals surface area contributed by atoms with Crippen LogP contribution in [0.3, 0.4) is 0 Å². The molecule has 1 aliphatic rings. The predicted octanol–water partition coefficient (Wildman–Crippen LogP) is 1.54. The van der Waals surface area contributed by atoms with E-state index in [0.29, 0.717) is 12.1 Å². The molecule has 0 atom stereocenters. The number of benzene rings is 1. The lowest BCUT2D eigenvalue weighted by atomic mass is 10.1. The Hall–Kier alpha value is -2.50. The van der Waals surface area contributed by atoms with E-state index in [1.807, 2.05) is 29.0 Å². The number of hydrogen-bond donors (Lipinski definition) is 3. The molecular weight excluding hydrogens is 266 g/mol. The van der Waals surface area contributed by atoms with Gasteiger partial charge in [-0.2, -0.15) is 0 Å². The molecule has 0 spiro atoms. The van der Waals surface area contributed by atoms with Crippen LogP contribution in [-0.4, -0.2) is 35.1 Å². The summed E-state index contributed by atoms with van der Waals surface area (Å²) < 4.78 is 2.00. The molecule has 2 heterocycles. The number of rotatable bonds is 5. The molecule has 3 N–H and O–H groups in total. The molecule has 0 aliphatic carbocycles. The zero-order chi connectivity index (χ0) is 14.5. The largest absolute Gasteiger partial charge is 0.382 e. The molecule has 0 saturated heterocycles. The van der Waals surface area contributed by atoms with Crippen molar-refractivity contribution < 1.29 is 4.79 Å². The second-order valence-electron chi connectivity index (χ2n) is 4.99. The molecule has 0 fully saturated rings. The fourth-order valence-corrected chi connectivity index (χ4v) is 2.44. The maximum Gasteiger partial charge on any atom is 0.253 e. The fraction of sp³-hybridized carbons (Fsp3) is 0.333. The normalized spacial score (nSPS) is 13.0. The Kier molecular flexibility index (Phi) is 4.04. The van der Waals surface area contributed by atoms with Crippen LogP contribution in [0, 0.1) is 0 Å². The summed E-state index contributed by atoms with van der Waals surface area (Å²) in [6.45, 7) is 3.21. The summed E-state index contributed by atoms with van der Waals surface area (Å²) in [5, 5.41) is 9.55. The molecule has 0 bridgehead atoms. The molecule has 1 aromatic heterocycles. The molecule has 6 nitrogen and oxygen atoms in total. The van der Waals surface area contributed by atoms with Gasteiger partial charge in [-0.1, -0.05) is 6.07 Å². The van der Waals surface area contributed by atoms with Gasteiger partial charge in [0.15, 0.2) is 0 Å². The molecule has 0 radical (unpaired) electrons. The van der Waals surface area contributed by atoms with E-state index in [-0.39, 0.29) is 5.91 Å². The third-order valence-corrected chi connectivity index (χ3v) is 3.49. The van der Waals surface area contributed by atoms with Crippen LogP contribution < -0.4 is 16.0 Å². The first-order valence-electron chi connectivity index (χ1n) is 7.19. The molecule has 6 heteroatoms. The van der Waals surface area contributed by atoms with Gasteiger partial charge in [-0.05, 0) is 18.6 Å². The van der Waals surface area contributed by atoms with Gasteiger partial charge >= 0.3 is 0 Å². The van der Waals surface area contributed by atoms with Gasteiger partial charge in [0, 0.05) is 38.6 Å². The first kappa shape index (κ1) is 13.5. The maximum atomic E-state index is 12.3. The Bertz CT molecular complexity index is 609. The summed E-state index contributed by atoms with van der Waals surface area (Å²) in [5.41, 5.74) is 2.59. The number of carbonyl (C=O) groups excluding carboxylic acids is 1. The molecule has 0 unspecified atom stereocenters. The van der Waals surface area contributed by atoms with Crippen molar-refractivity contribution in [2.45, 2.75) is 13.0 Å². The summed E-state index contributed by atoms with van der Waals surface area (Å²) in [4.78, 5) is 16.3. The van der Waals surface area contributed by atoms with Gasteiger partial charge in [0.2, 0.25) is 0 Å². The van der Waals surface area contributed by atoms with Crippen LogP contribution in [0.2, 0.25) is 0 Å². The van der Waals surface area contributed by atoms with Crippen LogP contribution in [-0.2, 0) is 6.54 Å². The first-order chi connectivity index (χ1) is 10.3. The predicted molar refractivity (Wildman–Crippen MR) is 82.6 cm³/mol. The zero-order valence-electron chi connectivity index (χ0n) is 11.8. The monoisotopic (exact) mass is 285 g/mol. The molecule has 21 heavy (non-hydrogen) atoms. The molecule has 1 aromatic carbocycles. The van der Waals surface area contributed by atoms with Gasteiger partial charge in [0.25, 0.3) is 5.91 Å². The van der Waals surface area contributed by atoms with Gasteiger partial charge in [-0.15, -0.1) is 0 Å². The Morgan fingerprint density at radius 3 is 3.10 bits per heavy atom. The second kappa shape index (κ2) is 6.30. The van der Waals surface area contributed by atoms with Gasteiger partial charge in [-0.25, -0.2) is 4.98 Å². The second-order valence-corrected chi connectivity index (χ2v) is 4.99. The average Bonchev–Trinajstić information content (AvgIpc) is 3.04. The van der Waals surface area contributed by atoms with Crippen LogP contribution in [0.5, 0.6) is 0 Å². The number of anilines is 2. The fourth-order valence-electron chi connectivity index (χ4n) is 2.44. The molecule has 2 aromatic rings. The van der Waals surface area contributed by atoms with E-state index in [1.165, 1.54) is 0 Å². The van der Waals surface area contributed by atoms with Crippen molar-refractivity contribution in [1.29, 1.82) is 0 Å².